The first kappa shape index (κ1) is 16.9. The van der Waals surface area contributed by atoms with Crippen LogP contribution >= 0.6 is 23.2 Å². The van der Waals surface area contributed by atoms with E-state index in [0.29, 0.717) is 11.8 Å². The molecule has 0 N–H and O–H groups in total. The van der Waals surface area contributed by atoms with Gasteiger partial charge in [-0.2, -0.15) is 0 Å². The van der Waals surface area contributed by atoms with Crippen LogP contribution in [0.3, 0.4) is 0 Å². The van der Waals surface area contributed by atoms with E-state index in [0.717, 1.165) is 10.1 Å². The van der Waals surface area contributed by atoms with Crippen LogP contribution in [0.5, 0.6) is 0 Å². The summed E-state index contributed by atoms with van der Waals surface area (Å²) in [5.74, 6) is 0.600. The topological polar surface area (TPSA) is 0 Å². The van der Waals surface area contributed by atoms with Crippen LogP contribution in [-0.2, 0) is 0 Å². The molecule has 0 amide bonds. The molecule has 0 aromatic heterocycles. The molecule has 116 valence electrons. The van der Waals surface area contributed by atoms with E-state index in [9.17, 15) is 0 Å². The summed E-state index contributed by atoms with van der Waals surface area (Å²) in [6.07, 6.45) is 0. The average Bonchev–Trinajstić information content (AvgIpc) is 2.72. The molecule has 2 aliphatic carbocycles. The Morgan fingerprint density at radius 1 is 0.667 bits per heavy atom. The highest BCUT2D eigenvalue weighted by Gasteiger charge is 2.42. The molecule has 0 bridgehead atoms. The Kier molecular flexibility index (Phi) is 4.28. The molecule has 0 saturated heterocycles. The van der Waals surface area contributed by atoms with Crippen molar-refractivity contribution in [3.63, 3.8) is 0 Å². The van der Waals surface area contributed by atoms with Gasteiger partial charge in [0.15, 0.2) is 0 Å². The van der Waals surface area contributed by atoms with Crippen LogP contribution in [-0.4, -0.2) is 0 Å². The van der Waals surface area contributed by atoms with Crippen molar-refractivity contribution in [3.05, 3.63) is 43.5 Å². The lowest BCUT2D eigenvalue weighted by atomic mass is 9.68. The van der Waals surface area contributed by atoms with E-state index in [-0.39, 0.29) is 5.41 Å². The third kappa shape index (κ3) is 2.26. The first-order valence-electron chi connectivity index (χ1n) is 7.69. The molecule has 0 spiro atoms. The summed E-state index contributed by atoms with van der Waals surface area (Å²) in [4.78, 5) is 0. The minimum atomic E-state index is -0.0250. The molecule has 2 heteroatoms. The molecule has 2 unspecified atom stereocenters. The molecule has 21 heavy (non-hydrogen) atoms. The minimum Gasteiger partial charge on any atom is -0.0882 e. The summed E-state index contributed by atoms with van der Waals surface area (Å²) >= 11 is 13.1. The summed E-state index contributed by atoms with van der Waals surface area (Å²) < 4.78 is 0. The Morgan fingerprint density at radius 3 is 1.14 bits per heavy atom. The second-order valence-electron chi connectivity index (χ2n) is 7.09. The summed E-state index contributed by atoms with van der Waals surface area (Å²) in [6.45, 7) is 17.8. The van der Waals surface area contributed by atoms with Gasteiger partial charge in [0.25, 0.3) is 0 Å². The maximum Gasteiger partial charge on any atom is 0.0281 e. The third-order valence-electron chi connectivity index (χ3n) is 5.62. The van der Waals surface area contributed by atoms with Gasteiger partial charge in [0, 0.05) is 27.3 Å². The number of hydrogen-bond acceptors (Lipinski definition) is 0. The molecular weight excluding hydrogens is 299 g/mol. The lowest BCUT2D eigenvalue weighted by molar-refractivity contribution is 0.454. The van der Waals surface area contributed by atoms with Crippen LogP contribution in [0.1, 0.15) is 55.4 Å². The van der Waals surface area contributed by atoms with Crippen LogP contribution in [0.2, 0.25) is 0 Å². The fourth-order valence-corrected chi connectivity index (χ4v) is 4.98. The molecular formula is C19H26Cl2. The second-order valence-corrected chi connectivity index (χ2v) is 7.91. The molecule has 2 atom stereocenters. The van der Waals surface area contributed by atoms with Crippen LogP contribution < -0.4 is 0 Å². The van der Waals surface area contributed by atoms with Crippen LogP contribution in [0.15, 0.2) is 43.5 Å². The van der Waals surface area contributed by atoms with Gasteiger partial charge in [0.2, 0.25) is 0 Å². The van der Waals surface area contributed by atoms with Crippen molar-refractivity contribution >= 4 is 23.2 Å². The van der Waals surface area contributed by atoms with Gasteiger partial charge >= 0.3 is 0 Å². The molecule has 0 aromatic rings. The molecule has 2 rings (SSSR count). The smallest absolute Gasteiger partial charge is 0.0281 e. The SMILES string of the molecule is CC1=C(Cl)C(C)C(C(C)(C)C2=C(C)C(C)=C(Cl)C2C)=C1C. The quantitative estimate of drug-likeness (QED) is 0.514. The summed E-state index contributed by atoms with van der Waals surface area (Å²) in [7, 11) is 0. The largest absolute Gasteiger partial charge is 0.0882 e. The number of hydrogen-bond donors (Lipinski definition) is 0. The highest BCUT2D eigenvalue weighted by atomic mass is 35.5. The molecule has 0 saturated carbocycles. The Hall–Kier alpha value is -0.460. The lowest BCUT2D eigenvalue weighted by Crippen LogP contribution is -2.25. The Bertz CT molecular complexity index is 570. The predicted octanol–water partition coefficient (Wildman–Crippen LogP) is 6.97. The van der Waals surface area contributed by atoms with Crippen LogP contribution in [0.4, 0.5) is 0 Å². The van der Waals surface area contributed by atoms with Gasteiger partial charge < -0.3 is 0 Å². The van der Waals surface area contributed by atoms with E-state index in [2.05, 4.69) is 55.4 Å². The first-order valence-corrected chi connectivity index (χ1v) is 8.44. The molecule has 2 aliphatic rings. The Labute approximate surface area is 139 Å². The van der Waals surface area contributed by atoms with E-state index < -0.39 is 0 Å². The highest BCUT2D eigenvalue weighted by Crippen LogP contribution is 2.55. The van der Waals surface area contributed by atoms with Crippen molar-refractivity contribution in [2.75, 3.05) is 0 Å². The minimum absolute atomic E-state index is 0.0250. The molecule has 0 nitrogen and oxygen atoms in total. The maximum absolute atomic E-state index is 6.53. The van der Waals surface area contributed by atoms with Crippen molar-refractivity contribution < 1.29 is 0 Å². The first-order chi connectivity index (χ1) is 9.53. The van der Waals surface area contributed by atoms with Crippen molar-refractivity contribution in [2.24, 2.45) is 17.3 Å². The van der Waals surface area contributed by atoms with Gasteiger partial charge in [-0.15, -0.1) is 0 Å². The standard InChI is InChI=1S/C19H26Cl2/c1-9-11(3)17(20)13(5)15(9)19(7,8)16-10(2)12(4)18(21)14(16)6/h13-14H,1-8H3. The average molecular weight is 325 g/mol. The lowest BCUT2D eigenvalue weighted by Gasteiger charge is -2.36. The summed E-state index contributed by atoms with van der Waals surface area (Å²) in [5.41, 5.74) is 8.06. The monoisotopic (exact) mass is 324 g/mol. The number of halogens is 2. The zero-order valence-corrected chi connectivity index (χ0v) is 15.9. The zero-order valence-electron chi connectivity index (χ0n) is 14.4. The predicted molar refractivity (Wildman–Crippen MR) is 94.6 cm³/mol. The normalized spacial score (nSPS) is 27.7. The van der Waals surface area contributed by atoms with E-state index in [1.165, 1.54) is 33.4 Å². The zero-order chi connectivity index (χ0) is 16.3. The third-order valence-corrected chi connectivity index (χ3v) is 6.84. The van der Waals surface area contributed by atoms with E-state index in [4.69, 9.17) is 23.2 Å². The van der Waals surface area contributed by atoms with Crippen molar-refractivity contribution in [2.45, 2.75) is 55.4 Å². The van der Waals surface area contributed by atoms with E-state index in [1.54, 1.807) is 0 Å². The fourth-order valence-electron chi connectivity index (χ4n) is 4.48. The van der Waals surface area contributed by atoms with Gasteiger partial charge in [0.05, 0.1) is 0 Å². The molecule has 0 fully saturated rings. The van der Waals surface area contributed by atoms with Crippen LogP contribution in [0.25, 0.3) is 0 Å². The second kappa shape index (κ2) is 5.32. The van der Waals surface area contributed by atoms with Crippen LogP contribution in [0, 0.1) is 17.3 Å². The van der Waals surface area contributed by atoms with Gasteiger partial charge in [-0.1, -0.05) is 50.9 Å². The molecule has 0 aromatic carbocycles. The van der Waals surface area contributed by atoms with E-state index in [1.807, 2.05) is 0 Å². The number of allylic oxidation sites excluding steroid dienone is 8. The van der Waals surface area contributed by atoms with Crippen molar-refractivity contribution in [1.29, 1.82) is 0 Å². The summed E-state index contributed by atoms with van der Waals surface area (Å²) in [6, 6.07) is 0. The molecule has 0 aliphatic heterocycles. The Morgan fingerprint density at radius 2 is 0.952 bits per heavy atom. The van der Waals surface area contributed by atoms with E-state index >= 15 is 0 Å². The number of rotatable bonds is 2. The maximum atomic E-state index is 6.53. The van der Waals surface area contributed by atoms with Crippen molar-refractivity contribution in [1.82, 2.24) is 0 Å². The molecule has 0 radical (unpaired) electrons. The van der Waals surface area contributed by atoms with Gasteiger partial charge in [0.1, 0.15) is 0 Å². The van der Waals surface area contributed by atoms with Gasteiger partial charge in [-0.3, -0.25) is 0 Å². The van der Waals surface area contributed by atoms with Gasteiger partial charge in [-0.25, -0.2) is 0 Å². The Balaban J connectivity index is 2.57. The van der Waals surface area contributed by atoms with Crippen molar-refractivity contribution in [3.8, 4) is 0 Å². The summed E-state index contributed by atoms with van der Waals surface area (Å²) in [5, 5.41) is 1.99. The molecule has 0 heterocycles. The van der Waals surface area contributed by atoms with Gasteiger partial charge in [-0.05, 0) is 61.1 Å². The highest BCUT2D eigenvalue weighted by molar-refractivity contribution is 6.31. The fraction of sp³-hybridized carbons (Fsp3) is 0.579.